The number of nitrogens with one attached hydrogen (secondary N) is 1. The molecule has 1 heterocycles. The van der Waals surface area contributed by atoms with E-state index in [1.54, 1.807) is 0 Å². The predicted molar refractivity (Wildman–Crippen MR) is 69.3 cm³/mol. The van der Waals surface area contributed by atoms with Crippen LogP contribution in [0.3, 0.4) is 0 Å². The van der Waals surface area contributed by atoms with Gasteiger partial charge in [0.25, 0.3) is 0 Å². The van der Waals surface area contributed by atoms with E-state index in [0.717, 1.165) is 15.6 Å². The Morgan fingerprint density at radius 2 is 1.80 bits per heavy atom. The van der Waals surface area contributed by atoms with Crippen molar-refractivity contribution in [2.45, 2.75) is 27.7 Å². The third-order valence-electron chi connectivity index (χ3n) is 2.60. The summed E-state index contributed by atoms with van der Waals surface area (Å²) in [7, 11) is 0. The SMILES string of the molecule is CC(C)C(CNc1nnc(Br)s1)C(C)C. The molecule has 1 rings (SSSR count). The van der Waals surface area contributed by atoms with Crippen LogP contribution in [0.1, 0.15) is 27.7 Å². The van der Waals surface area contributed by atoms with Crippen LogP contribution >= 0.6 is 27.3 Å². The van der Waals surface area contributed by atoms with Gasteiger partial charge in [0.15, 0.2) is 3.92 Å². The monoisotopic (exact) mass is 291 g/mol. The smallest absolute Gasteiger partial charge is 0.206 e. The highest BCUT2D eigenvalue weighted by molar-refractivity contribution is 9.11. The van der Waals surface area contributed by atoms with E-state index in [1.807, 2.05) is 0 Å². The Hall–Kier alpha value is -0.160. The van der Waals surface area contributed by atoms with E-state index in [4.69, 9.17) is 0 Å². The van der Waals surface area contributed by atoms with E-state index in [0.29, 0.717) is 17.8 Å². The van der Waals surface area contributed by atoms with Gasteiger partial charge in [-0.2, -0.15) is 0 Å². The first kappa shape index (κ1) is 12.9. The zero-order chi connectivity index (χ0) is 11.4. The third kappa shape index (κ3) is 4.07. The molecule has 5 heteroatoms. The Morgan fingerprint density at radius 1 is 1.20 bits per heavy atom. The molecule has 0 radical (unpaired) electrons. The highest BCUT2D eigenvalue weighted by Gasteiger charge is 2.17. The normalized spacial score (nSPS) is 11.7. The van der Waals surface area contributed by atoms with Crippen LogP contribution < -0.4 is 5.32 Å². The first-order chi connectivity index (χ1) is 7.00. The fraction of sp³-hybridized carbons (Fsp3) is 0.800. The molecule has 0 aromatic carbocycles. The highest BCUT2D eigenvalue weighted by Crippen LogP contribution is 2.24. The van der Waals surface area contributed by atoms with Crippen LogP contribution in [0.15, 0.2) is 3.92 Å². The zero-order valence-corrected chi connectivity index (χ0v) is 12.0. The zero-order valence-electron chi connectivity index (χ0n) is 9.62. The number of halogens is 1. The van der Waals surface area contributed by atoms with Crippen LogP contribution in [0.25, 0.3) is 0 Å². The first-order valence-corrected chi connectivity index (χ1v) is 6.84. The first-order valence-electron chi connectivity index (χ1n) is 5.23. The van der Waals surface area contributed by atoms with Crippen LogP contribution in [0.4, 0.5) is 5.13 Å². The topological polar surface area (TPSA) is 37.8 Å². The van der Waals surface area contributed by atoms with Crippen molar-refractivity contribution in [3.05, 3.63) is 3.92 Å². The number of aromatic nitrogens is 2. The van der Waals surface area contributed by atoms with Crippen molar-refractivity contribution in [2.24, 2.45) is 17.8 Å². The van der Waals surface area contributed by atoms with Crippen molar-refractivity contribution in [3.63, 3.8) is 0 Å². The molecular weight excluding hydrogens is 274 g/mol. The minimum absolute atomic E-state index is 0.674. The van der Waals surface area contributed by atoms with Crippen molar-refractivity contribution >= 4 is 32.4 Å². The van der Waals surface area contributed by atoms with Crippen molar-refractivity contribution in [2.75, 3.05) is 11.9 Å². The van der Waals surface area contributed by atoms with Crippen LogP contribution in [-0.2, 0) is 0 Å². The summed E-state index contributed by atoms with van der Waals surface area (Å²) >= 11 is 4.84. The van der Waals surface area contributed by atoms with Crippen molar-refractivity contribution in [1.29, 1.82) is 0 Å². The summed E-state index contributed by atoms with van der Waals surface area (Å²) in [6, 6.07) is 0. The second-order valence-electron chi connectivity index (χ2n) is 4.39. The van der Waals surface area contributed by atoms with Gasteiger partial charge in [0.1, 0.15) is 0 Å². The molecule has 0 aliphatic heterocycles. The molecule has 1 N–H and O–H groups in total. The number of hydrogen-bond acceptors (Lipinski definition) is 4. The molecule has 0 spiro atoms. The Kier molecular flexibility index (Phi) is 4.99. The molecule has 86 valence electrons. The minimum atomic E-state index is 0.674. The molecule has 15 heavy (non-hydrogen) atoms. The number of anilines is 1. The number of nitrogens with zero attached hydrogens (tertiary/aromatic N) is 2. The Bertz CT molecular complexity index is 291. The van der Waals surface area contributed by atoms with Gasteiger partial charge >= 0.3 is 0 Å². The molecule has 0 amide bonds. The lowest BCUT2D eigenvalue weighted by Gasteiger charge is -2.24. The molecular formula is C10H18BrN3S. The maximum atomic E-state index is 4.02. The minimum Gasteiger partial charge on any atom is -0.360 e. The molecule has 0 atom stereocenters. The van der Waals surface area contributed by atoms with Gasteiger partial charge in [-0.3, -0.25) is 0 Å². The predicted octanol–water partition coefficient (Wildman–Crippen LogP) is 3.64. The van der Waals surface area contributed by atoms with Gasteiger partial charge in [0, 0.05) is 6.54 Å². The van der Waals surface area contributed by atoms with Crippen molar-refractivity contribution < 1.29 is 0 Å². The fourth-order valence-corrected chi connectivity index (χ4v) is 2.74. The molecule has 0 bridgehead atoms. The lowest BCUT2D eigenvalue weighted by atomic mass is 9.86. The number of hydrogen-bond donors (Lipinski definition) is 1. The van der Waals surface area contributed by atoms with Gasteiger partial charge in [-0.1, -0.05) is 39.0 Å². The highest BCUT2D eigenvalue weighted by atomic mass is 79.9. The van der Waals surface area contributed by atoms with E-state index in [-0.39, 0.29) is 0 Å². The molecule has 0 saturated heterocycles. The lowest BCUT2D eigenvalue weighted by Crippen LogP contribution is -2.24. The third-order valence-corrected chi connectivity index (χ3v) is 3.92. The second kappa shape index (κ2) is 5.80. The standard InChI is InChI=1S/C10H18BrN3S/c1-6(2)8(7(3)4)5-12-10-14-13-9(11)15-10/h6-8H,5H2,1-4H3,(H,12,14). The van der Waals surface area contributed by atoms with E-state index in [2.05, 4.69) is 59.1 Å². The van der Waals surface area contributed by atoms with Crippen molar-refractivity contribution in [1.82, 2.24) is 10.2 Å². The maximum Gasteiger partial charge on any atom is 0.206 e. The molecule has 0 aliphatic rings. The second-order valence-corrected chi connectivity index (χ2v) is 6.65. The molecule has 0 saturated carbocycles. The lowest BCUT2D eigenvalue weighted by molar-refractivity contribution is 0.304. The summed E-state index contributed by atoms with van der Waals surface area (Å²) in [4.78, 5) is 0. The summed E-state index contributed by atoms with van der Waals surface area (Å²) < 4.78 is 0.829. The summed E-state index contributed by atoms with van der Waals surface area (Å²) in [6.45, 7) is 10.0. The summed E-state index contributed by atoms with van der Waals surface area (Å²) in [5.41, 5.74) is 0. The van der Waals surface area contributed by atoms with Crippen LogP contribution in [0.2, 0.25) is 0 Å². The molecule has 1 aromatic heterocycles. The maximum absolute atomic E-state index is 4.02. The van der Waals surface area contributed by atoms with E-state index >= 15 is 0 Å². The Labute approximate surface area is 104 Å². The van der Waals surface area contributed by atoms with Gasteiger partial charge in [-0.15, -0.1) is 10.2 Å². The van der Waals surface area contributed by atoms with Crippen LogP contribution in [0.5, 0.6) is 0 Å². The number of rotatable bonds is 5. The van der Waals surface area contributed by atoms with Gasteiger partial charge < -0.3 is 5.32 Å². The van der Waals surface area contributed by atoms with E-state index < -0.39 is 0 Å². The largest absolute Gasteiger partial charge is 0.360 e. The average molecular weight is 292 g/mol. The quantitative estimate of drug-likeness (QED) is 0.900. The summed E-state index contributed by atoms with van der Waals surface area (Å²) in [5, 5.41) is 12.2. The van der Waals surface area contributed by atoms with Gasteiger partial charge in [-0.05, 0) is 33.7 Å². The molecule has 0 fully saturated rings. The van der Waals surface area contributed by atoms with Gasteiger partial charge in [-0.25, -0.2) is 0 Å². The van der Waals surface area contributed by atoms with E-state index in [1.165, 1.54) is 11.3 Å². The fourth-order valence-electron chi connectivity index (χ4n) is 1.72. The molecule has 0 aliphatic carbocycles. The molecule has 0 unspecified atom stereocenters. The van der Waals surface area contributed by atoms with Crippen molar-refractivity contribution in [3.8, 4) is 0 Å². The molecule has 3 nitrogen and oxygen atoms in total. The molecule has 1 aromatic rings. The van der Waals surface area contributed by atoms with Gasteiger partial charge in [0.2, 0.25) is 5.13 Å². The van der Waals surface area contributed by atoms with Crippen LogP contribution in [0, 0.1) is 17.8 Å². The Balaban J connectivity index is 2.47. The summed E-state index contributed by atoms with van der Waals surface area (Å²) in [6.07, 6.45) is 0. The summed E-state index contributed by atoms with van der Waals surface area (Å²) in [5.74, 6) is 2.05. The van der Waals surface area contributed by atoms with Crippen LogP contribution in [-0.4, -0.2) is 16.7 Å². The average Bonchev–Trinajstić information content (AvgIpc) is 2.50. The van der Waals surface area contributed by atoms with Gasteiger partial charge in [0.05, 0.1) is 0 Å². The van der Waals surface area contributed by atoms with E-state index in [9.17, 15) is 0 Å². The Morgan fingerprint density at radius 3 is 2.20 bits per heavy atom.